The lowest BCUT2D eigenvalue weighted by molar-refractivity contribution is 0.753. The highest BCUT2D eigenvalue weighted by molar-refractivity contribution is 7.71. The monoisotopic (exact) mass is 252 g/mol. The molecule has 0 radical (unpaired) electrons. The van der Waals surface area contributed by atoms with Gasteiger partial charge in [0.15, 0.2) is 4.77 Å². The van der Waals surface area contributed by atoms with E-state index < -0.39 is 0 Å². The van der Waals surface area contributed by atoms with Crippen molar-refractivity contribution >= 4 is 34.5 Å². The maximum Gasteiger partial charge on any atom is 0.263 e. The first-order valence-corrected chi connectivity index (χ1v) is 6.12. The number of allylic oxidation sites excluding steroid dienone is 1. The third-order valence-corrected chi connectivity index (χ3v) is 3.85. The van der Waals surface area contributed by atoms with Crippen LogP contribution in [0.5, 0.6) is 0 Å². The molecule has 84 valence electrons. The maximum absolute atomic E-state index is 12.2. The van der Waals surface area contributed by atoms with E-state index in [4.69, 9.17) is 12.2 Å². The molecule has 0 amide bonds. The summed E-state index contributed by atoms with van der Waals surface area (Å²) in [6.07, 6.45) is 1.67. The van der Waals surface area contributed by atoms with Crippen molar-refractivity contribution in [3.8, 4) is 0 Å². The van der Waals surface area contributed by atoms with E-state index in [0.717, 1.165) is 20.7 Å². The standard InChI is InChI=1S/C11H12N2OS2/c1-4-5-13-10(14)8-6(2)16-7(3)9(8)12-11(13)15/h4H,1,5H2,2-3H3,(H,12,15). The number of nitrogens with one attached hydrogen (secondary N) is 1. The van der Waals surface area contributed by atoms with Crippen LogP contribution in [0, 0.1) is 18.6 Å². The Kier molecular flexibility index (Phi) is 2.82. The molecule has 3 nitrogen and oxygen atoms in total. The molecule has 0 aliphatic rings. The number of nitrogens with zero attached hydrogens (tertiary/aromatic N) is 1. The van der Waals surface area contributed by atoms with Crippen molar-refractivity contribution < 1.29 is 0 Å². The molecule has 0 bridgehead atoms. The summed E-state index contributed by atoms with van der Waals surface area (Å²) < 4.78 is 1.99. The van der Waals surface area contributed by atoms with Crippen molar-refractivity contribution in [1.29, 1.82) is 0 Å². The number of fused-ring (bicyclic) bond motifs is 1. The van der Waals surface area contributed by atoms with E-state index in [-0.39, 0.29) is 5.56 Å². The third-order valence-electron chi connectivity index (χ3n) is 2.51. The van der Waals surface area contributed by atoms with Gasteiger partial charge in [-0.1, -0.05) is 6.08 Å². The van der Waals surface area contributed by atoms with Gasteiger partial charge in [0.25, 0.3) is 5.56 Å². The van der Waals surface area contributed by atoms with E-state index in [0.29, 0.717) is 11.3 Å². The highest BCUT2D eigenvalue weighted by atomic mass is 32.1. The van der Waals surface area contributed by atoms with E-state index in [9.17, 15) is 4.79 Å². The van der Waals surface area contributed by atoms with E-state index in [1.54, 1.807) is 17.4 Å². The number of hydrogen-bond donors (Lipinski definition) is 1. The predicted octanol–water partition coefficient (Wildman–Crippen LogP) is 2.92. The number of aromatic nitrogens is 2. The number of aromatic amines is 1. The smallest absolute Gasteiger partial charge is 0.263 e. The van der Waals surface area contributed by atoms with Crippen molar-refractivity contribution in [2.75, 3.05) is 0 Å². The Morgan fingerprint density at radius 2 is 2.19 bits per heavy atom. The van der Waals surface area contributed by atoms with Gasteiger partial charge in [-0.05, 0) is 26.1 Å². The number of H-pyrrole nitrogens is 1. The van der Waals surface area contributed by atoms with Gasteiger partial charge in [0, 0.05) is 16.3 Å². The Labute approximate surface area is 102 Å². The molecule has 0 aliphatic carbocycles. The quantitative estimate of drug-likeness (QED) is 0.659. The minimum Gasteiger partial charge on any atom is -0.331 e. The third kappa shape index (κ3) is 1.56. The zero-order valence-electron chi connectivity index (χ0n) is 9.16. The van der Waals surface area contributed by atoms with Gasteiger partial charge in [-0.25, -0.2) is 0 Å². The second-order valence-electron chi connectivity index (χ2n) is 3.60. The zero-order valence-corrected chi connectivity index (χ0v) is 10.8. The maximum atomic E-state index is 12.2. The van der Waals surface area contributed by atoms with Crippen LogP contribution in [0.1, 0.15) is 9.75 Å². The minimum atomic E-state index is -0.0273. The topological polar surface area (TPSA) is 37.8 Å². The summed E-state index contributed by atoms with van der Waals surface area (Å²) in [6, 6.07) is 0. The average Bonchev–Trinajstić information content (AvgIpc) is 2.49. The van der Waals surface area contributed by atoms with Crippen molar-refractivity contribution in [2.24, 2.45) is 0 Å². The van der Waals surface area contributed by atoms with Gasteiger partial charge in [0.05, 0.1) is 10.9 Å². The Morgan fingerprint density at radius 1 is 1.50 bits per heavy atom. The Balaban J connectivity index is 2.98. The molecule has 2 rings (SSSR count). The Bertz CT molecular complexity index is 676. The molecule has 2 aromatic rings. The van der Waals surface area contributed by atoms with Gasteiger partial charge in [0.2, 0.25) is 0 Å². The molecule has 0 fully saturated rings. The molecular formula is C11H12N2OS2. The van der Waals surface area contributed by atoms with Crippen LogP contribution in [0.15, 0.2) is 17.4 Å². The van der Waals surface area contributed by atoms with Crippen molar-refractivity contribution in [1.82, 2.24) is 9.55 Å². The second kappa shape index (κ2) is 3.99. The number of aryl methyl sites for hydroxylation is 2. The van der Waals surface area contributed by atoms with Crippen molar-refractivity contribution in [3.63, 3.8) is 0 Å². The van der Waals surface area contributed by atoms with Crippen LogP contribution >= 0.6 is 23.6 Å². The Hall–Kier alpha value is -1.20. The molecule has 0 spiro atoms. The summed E-state index contributed by atoms with van der Waals surface area (Å²) in [7, 11) is 0. The van der Waals surface area contributed by atoms with E-state index in [1.165, 1.54) is 4.57 Å². The fraction of sp³-hybridized carbons (Fsp3) is 0.273. The average molecular weight is 252 g/mol. The SMILES string of the molecule is C=CCn1c(=S)[nH]c2c(C)sc(C)c2c1=O. The molecule has 0 saturated heterocycles. The molecule has 16 heavy (non-hydrogen) atoms. The predicted molar refractivity (Wildman–Crippen MR) is 70.9 cm³/mol. The first kappa shape index (κ1) is 11.3. The van der Waals surface area contributed by atoms with Gasteiger partial charge >= 0.3 is 0 Å². The number of hydrogen-bond acceptors (Lipinski definition) is 3. The minimum absolute atomic E-state index is 0.0273. The first-order chi connectivity index (χ1) is 7.56. The van der Waals surface area contributed by atoms with Crippen LogP contribution in [0.25, 0.3) is 10.9 Å². The van der Waals surface area contributed by atoms with Gasteiger partial charge in [-0.15, -0.1) is 17.9 Å². The molecule has 2 heterocycles. The van der Waals surface area contributed by atoms with Crippen LogP contribution < -0.4 is 5.56 Å². The summed E-state index contributed by atoms with van der Waals surface area (Å²) in [4.78, 5) is 17.4. The fourth-order valence-corrected chi connectivity index (χ4v) is 3.05. The summed E-state index contributed by atoms with van der Waals surface area (Å²) in [5.74, 6) is 0. The van der Waals surface area contributed by atoms with Gasteiger partial charge in [-0.2, -0.15) is 0 Å². The molecule has 0 aliphatic heterocycles. The van der Waals surface area contributed by atoms with Gasteiger partial charge < -0.3 is 4.98 Å². The lowest BCUT2D eigenvalue weighted by atomic mass is 10.3. The van der Waals surface area contributed by atoms with Gasteiger partial charge in [-0.3, -0.25) is 9.36 Å². The molecule has 1 N–H and O–H groups in total. The van der Waals surface area contributed by atoms with Crippen molar-refractivity contribution in [2.45, 2.75) is 20.4 Å². The summed E-state index contributed by atoms with van der Waals surface area (Å²) in [5.41, 5.74) is 0.846. The summed E-state index contributed by atoms with van der Waals surface area (Å²) in [6.45, 7) is 8.02. The molecule has 0 atom stereocenters. The second-order valence-corrected chi connectivity index (χ2v) is 5.41. The Morgan fingerprint density at radius 3 is 2.81 bits per heavy atom. The molecular weight excluding hydrogens is 240 g/mol. The van der Waals surface area contributed by atoms with E-state index in [1.807, 2.05) is 13.8 Å². The molecule has 0 saturated carbocycles. The van der Waals surface area contributed by atoms with Crippen LogP contribution in [0.3, 0.4) is 0 Å². The normalized spacial score (nSPS) is 10.9. The molecule has 5 heteroatoms. The number of thiophene rings is 1. The lowest BCUT2D eigenvalue weighted by Crippen LogP contribution is -2.21. The van der Waals surface area contributed by atoms with E-state index in [2.05, 4.69) is 11.6 Å². The lowest BCUT2D eigenvalue weighted by Gasteiger charge is -2.03. The van der Waals surface area contributed by atoms with Crippen LogP contribution in [-0.4, -0.2) is 9.55 Å². The van der Waals surface area contributed by atoms with Crippen molar-refractivity contribution in [3.05, 3.63) is 37.5 Å². The van der Waals surface area contributed by atoms with Crippen LogP contribution in [-0.2, 0) is 6.54 Å². The zero-order chi connectivity index (χ0) is 11.9. The van der Waals surface area contributed by atoms with Crippen LogP contribution in [0.2, 0.25) is 0 Å². The summed E-state index contributed by atoms with van der Waals surface area (Å²) >= 11 is 6.78. The fourth-order valence-electron chi connectivity index (χ4n) is 1.79. The first-order valence-electron chi connectivity index (χ1n) is 4.90. The molecule has 0 unspecified atom stereocenters. The number of rotatable bonds is 2. The van der Waals surface area contributed by atoms with E-state index >= 15 is 0 Å². The summed E-state index contributed by atoms with van der Waals surface area (Å²) in [5, 5.41) is 0.748. The van der Waals surface area contributed by atoms with Crippen LogP contribution in [0.4, 0.5) is 0 Å². The highest BCUT2D eigenvalue weighted by Gasteiger charge is 2.11. The molecule has 0 aromatic carbocycles. The van der Waals surface area contributed by atoms with Gasteiger partial charge in [0.1, 0.15) is 0 Å². The molecule has 2 aromatic heterocycles. The highest BCUT2D eigenvalue weighted by Crippen LogP contribution is 2.25. The largest absolute Gasteiger partial charge is 0.331 e.